The van der Waals surface area contributed by atoms with E-state index in [1.165, 1.54) is 0 Å². The molecule has 0 aliphatic rings. The molecule has 0 unspecified atom stereocenters. The highest BCUT2D eigenvalue weighted by atomic mass is 32.1. The lowest BCUT2D eigenvalue weighted by Gasteiger charge is -2.12. The number of aryl methyl sites for hydroxylation is 1. The quantitative estimate of drug-likeness (QED) is 0.816. The fraction of sp³-hybridized carbons (Fsp3) is 0.231. The zero-order chi connectivity index (χ0) is 12.4. The first-order valence-corrected chi connectivity index (χ1v) is 6.20. The molecular weight excluding hydrogens is 232 g/mol. The van der Waals surface area contributed by atoms with Gasteiger partial charge in [-0.15, -0.1) is 11.3 Å². The van der Waals surface area contributed by atoms with Crippen molar-refractivity contribution in [2.75, 3.05) is 14.1 Å². The molecule has 0 aliphatic carbocycles. The van der Waals surface area contributed by atoms with Crippen LogP contribution >= 0.6 is 11.3 Å². The first-order chi connectivity index (χ1) is 8.09. The van der Waals surface area contributed by atoms with Crippen LogP contribution in [0.15, 0.2) is 29.6 Å². The van der Waals surface area contributed by atoms with Gasteiger partial charge in [0.15, 0.2) is 0 Å². The molecule has 0 aromatic carbocycles. The Hall–Kier alpha value is -1.68. The Labute approximate surface area is 105 Å². The molecule has 17 heavy (non-hydrogen) atoms. The minimum atomic E-state index is -0.00673. The van der Waals surface area contributed by atoms with Crippen molar-refractivity contribution in [2.45, 2.75) is 6.92 Å². The molecule has 4 heteroatoms. The van der Waals surface area contributed by atoms with Crippen molar-refractivity contribution in [3.63, 3.8) is 0 Å². The number of aromatic nitrogens is 1. The zero-order valence-corrected chi connectivity index (χ0v) is 10.9. The van der Waals surface area contributed by atoms with E-state index in [0.29, 0.717) is 5.56 Å². The first kappa shape index (κ1) is 11.8. The molecule has 0 saturated heterocycles. The molecule has 0 aliphatic heterocycles. The van der Waals surface area contributed by atoms with Crippen molar-refractivity contribution in [1.82, 2.24) is 9.88 Å². The molecule has 0 spiro atoms. The van der Waals surface area contributed by atoms with Crippen molar-refractivity contribution in [2.24, 2.45) is 0 Å². The fourth-order valence-corrected chi connectivity index (χ4v) is 2.28. The van der Waals surface area contributed by atoms with Gasteiger partial charge in [0.1, 0.15) is 0 Å². The van der Waals surface area contributed by atoms with Crippen LogP contribution in [0.3, 0.4) is 0 Å². The molecule has 2 heterocycles. The molecule has 88 valence electrons. The summed E-state index contributed by atoms with van der Waals surface area (Å²) in [7, 11) is 3.49. The number of hydrogen-bond donors (Lipinski definition) is 0. The van der Waals surface area contributed by atoms with Gasteiger partial charge in [-0.3, -0.25) is 9.78 Å². The van der Waals surface area contributed by atoms with Crippen LogP contribution in [0.2, 0.25) is 0 Å². The smallest absolute Gasteiger partial charge is 0.255 e. The molecule has 2 aromatic heterocycles. The average molecular weight is 246 g/mol. The molecular formula is C13H14N2OS. The van der Waals surface area contributed by atoms with Crippen molar-refractivity contribution in [3.8, 4) is 10.6 Å². The lowest BCUT2D eigenvalue weighted by atomic mass is 10.1. The number of pyridine rings is 1. The molecule has 0 saturated carbocycles. The van der Waals surface area contributed by atoms with E-state index in [4.69, 9.17) is 0 Å². The second kappa shape index (κ2) is 4.67. The van der Waals surface area contributed by atoms with Crippen LogP contribution in [0.25, 0.3) is 10.6 Å². The van der Waals surface area contributed by atoms with Crippen LogP contribution < -0.4 is 0 Å². The summed E-state index contributed by atoms with van der Waals surface area (Å²) in [6.07, 6.45) is 0. The van der Waals surface area contributed by atoms with Crippen LogP contribution in [-0.4, -0.2) is 29.9 Å². The normalized spacial score (nSPS) is 10.3. The topological polar surface area (TPSA) is 33.2 Å². The summed E-state index contributed by atoms with van der Waals surface area (Å²) in [6, 6.07) is 7.77. The maximum atomic E-state index is 11.9. The van der Waals surface area contributed by atoms with E-state index in [1.54, 1.807) is 30.3 Å². The van der Waals surface area contributed by atoms with Crippen molar-refractivity contribution >= 4 is 17.2 Å². The van der Waals surface area contributed by atoms with E-state index in [1.807, 2.05) is 36.6 Å². The average Bonchev–Trinajstić information content (AvgIpc) is 2.81. The van der Waals surface area contributed by atoms with Crippen molar-refractivity contribution in [3.05, 3.63) is 40.9 Å². The van der Waals surface area contributed by atoms with E-state index in [0.717, 1.165) is 16.3 Å². The van der Waals surface area contributed by atoms with Gasteiger partial charge in [0.05, 0.1) is 21.8 Å². The number of nitrogens with zero attached hydrogens (tertiary/aromatic N) is 2. The van der Waals surface area contributed by atoms with Gasteiger partial charge in [-0.05, 0) is 30.5 Å². The standard InChI is InChI=1S/C13H14N2OS/c1-9-10(13(16)15(2)3)6-7-11(14-9)12-5-4-8-17-12/h4-8H,1-3H3. The monoisotopic (exact) mass is 246 g/mol. The lowest BCUT2D eigenvalue weighted by molar-refractivity contribution is 0.0826. The molecule has 0 N–H and O–H groups in total. The Bertz CT molecular complexity index is 532. The SMILES string of the molecule is Cc1nc(-c2cccs2)ccc1C(=O)N(C)C. The molecule has 0 atom stereocenters. The van der Waals surface area contributed by atoms with Gasteiger partial charge >= 0.3 is 0 Å². The minimum absolute atomic E-state index is 0.00673. The predicted octanol–water partition coefficient (Wildman–Crippen LogP) is 2.82. The van der Waals surface area contributed by atoms with Gasteiger partial charge in [0.2, 0.25) is 0 Å². The second-order valence-corrected chi connectivity index (χ2v) is 4.95. The Kier molecular flexibility index (Phi) is 3.24. The van der Waals surface area contributed by atoms with Gasteiger partial charge in [-0.25, -0.2) is 0 Å². The van der Waals surface area contributed by atoms with Gasteiger partial charge in [-0.2, -0.15) is 0 Å². The summed E-state index contributed by atoms with van der Waals surface area (Å²) in [5, 5.41) is 2.02. The maximum absolute atomic E-state index is 11.9. The first-order valence-electron chi connectivity index (χ1n) is 5.33. The Morgan fingerprint density at radius 3 is 2.59 bits per heavy atom. The highest BCUT2D eigenvalue weighted by Crippen LogP contribution is 2.23. The van der Waals surface area contributed by atoms with Crippen LogP contribution in [0.1, 0.15) is 16.1 Å². The third-order valence-electron chi connectivity index (χ3n) is 2.50. The summed E-state index contributed by atoms with van der Waals surface area (Å²) in [5.74, 6) is -0.00673. The maximum Gasteiger partial charge on any atom is 0.255 e. The highest BCUT2D eigenvalue weighted by molar-refractivity contribution is 7.13. The lowest BCUT2D eigenvalue weighted by Crippen LogP contribution is -2.22. The van der Waals surface area contributed by atoms with Crippen molar-refractivity contribution in [1.29, 1.82) is 0 Å². The van der Waals surface area contributed by atoms with E-state index in [2.05, 4.69) is 4.98 Å². The molecule has 2 rings (SSSR count). The number of hydrogen-bond acceptors (Lipinski definition) is 3. The number of carbonyl (C=O) groups excluding carboxylic acids is 1. The fourth-order valence-electron chi connectivity index (χ4n) is 1.59. The Balaban J connectivity index is 2.39. The number of amides is 1. The summed E-state index contributed by atoms with van der Waals surface area (Å²) >= 11 is 1.65. The number of rotatable bonds is 2. The van der Waals surface area contributed by atoms with Crippen LogP contribution in [0, 0.1) is 6.92 Å². The number of thiophene rings is 1. The Morgan fingerprint density at radius 1 is 1.29 bits per heavy atom. The van der Waals surface area contributed by atoms with Gasteiger partial charge in [0, 0.05) is 14.1 Å². The zero-order valence-electron chi connectivity index (χ0n) is 10.1. The largest absolute Gasteiger partial charge is 0.345 e. The minimum Gasteiger partial charge on any atom is -0.345 e. The molecule has 0 bridgehead atoms. The van der Waals surface area contributed by atoms with E-state index in [-0.39, 0.29) is 5.91 Å². The summed E-state index contributed by atoms with van der Waals surface area (Å²) in [5.41, 5.74) is 2.36. The number of carbonyl (C=O) groups is 1. The van der Waals surface area contributed by atoms with E-state index >= 15 is 0 Å². The van der Waals surface area contributed by atoms with E-state index < -0.39 is 0 Å². The van der Waals surface area contributed by atoms with Gasteiger partial charge < -0.3 is 4.90 Å². The van der Waals surface area contributed by atoms with Crippen molar-refractivity contribution < 1.29 is 4.79 Å². The predicted molar refractivity (Wildman–Crippen MR) is 70.3 cm³/mol. The molecule has 1 amide bonds. The molecule has 3 nitrogen and oxygen atoms in total. The van der Waals surface area contributed by atoms with Gasteiger partial charge in [0.25, 0.3) is 5.91 Å². The third-order valence-corrected chi connectivity index (χ3v) is 3.39. The molecule has 0 fully saturated rings. The molecule has 2 aromatic rings. The molecule has 0 radical (unpaired) electrons. The van der Waals surface area contributed by atoms with Gasteiger partial charge in [-0.1, -0.05) is 6.07 Å². The van der Waals surface area contributed by atoms with Crippen LogP contribution in [0.5, 0.6) is 0 Å². The third kappa shape index (κ3) is 2.36. The summed E-state index contributed by atoms with van der Waals surface area (Å²) in [4.78, 5) is 19.0. The highest BCUT2D eigenvalue weighted by Gasteiger charge is 2.13. The second-order valence-electron chi connectivity index (χ2n) is 4.01. The summed E-state index contributed by atoms with van der Waals surface area (Å²) < 4.78 is 0. The van der Waals surface area contributed by atoms with Crippen LogP contribution in [-0.2, 0) is 0 Å². The summed E-state index contributed by atoms with van der Waals surface area (Å²) in [6.45, 7) is 1.87. The van der Waals surface area contributed by atoms with E-state index in [9.17, 15) is 4.79 Å². The Morgan fingerprint density at radius 2 is 2.06 bits per heavy atom. The van der Waals surface area contributed by atoms with Crippen LogP contribution in [0.4, 0.5) is 0 Å².